The summed E-state index contributed by atoms with van der Waals surface area (Å²) in [5.74, 6) is 0. The first kappa shape index (κ1) is 12.1. The van der Waals surface area contributed by atoms with Gasteiger partial charge in [0, 0.05) is 17.1 Å². The summed E-state index contributed by atoms with van der Waals surface area (Å²) >= 11 is 0. The Labute approximate surface area is 103 Å². The van der Waals surface area contributed by atoms with Crippen molar-refractivity contribution in [3.63, 3.8) is 0 Å². The molecule has 0 bridgehead atoms. The highest BCUT2D eigenvalue weighted by Gasteiger charge is 2.06. The van der Waals surface area contributed by atoms with Crippen LogP contribution in [0, 0.1) is 6.92 Å². The Bertz CT molecular complexity index is 505. The minimum absolute atomic E-state index is 0.153. The molecular weight excluding hydrogens is 208 g/mol. The molecule has 0 saturated carbocycles. The lowest BCUT2D eigenvalue weighted by Crippen LogP contribution is -2.09. The molecule has 0 aliphatic carbocycles. The lowest BCUT2D eigenvalue weighted by atomic mass is 10.0. The summed E-state index contributed by atoms with van der Waals surface area (Å²) in [4.78, 5) is 4.50. The molecule has 2 heteroatoms. The van der Waals surface area contributed by atoms with Crippen LogP contribution < -0.4 is 5.73 Å². The normalized spacial score (nSPS) is 12.9. The highest BCUT2D eigenvalue weighted by atomic mass is 14.7. The van der Waals surface area contributed by atoms with Crippen molar-refractivity contribution in [2.24, 2.45) is 5.73 Å². The van der Waals surface area contributed by atoms with E-state index in [9.17, 15) is 0 Å². The van der Waals surface area contributed by atoms with E-state index < -0.39 is 0 Å². The summed E-state index contributed by atoms with van der Waals surface area (Å²) in [5, 5.41) is 1.18. The number of nitrogens with two attached hydrogens (primary N) is 1. The molecule has 1 heterocycles. The first-order valence-electron chi connectivity index (χ1n) is 6.33. The van der Waals surface area contributed by atoms with Gasteiger partial charge in [-0.15, -0.1) is 0 Å². The molecule has 0 aliphatic heterocycles. The van der Waals surface area contributed by atoms with Gasteiger partial charge in [0.25, 0.3) is 0 Å². The number of aryl methyl sites for hydroxylation is 1. The van der Waals surface area contributed by atoms with Crippen LogP contribution in [0.3, 0.4) is 0 Å². The van der Waals surface area contributed by atoms with Crippen LogP contribution in [0.15, 0.2) is 30.3 Å². The molecule has 0 amide bonds. The van der Waals surface area contributed by atoms with Crippen molar-refractivity contribution < 1.29 is 0 Å². The van der Waals surface area contributed by atoms with Crippen LogP contribution in [-0.4, -0.2) is 4.98 Å². The van der Waals surface area contributed by atoms with Crippen molar-refractivity contribution in [2.45, 2.75) is 39.2 Å². The molecule has 1 aromatic carbocycles. The van der Waals surface area contributed by atoms with Crippen LogP contribution in [-0.2, 0) is 0 Å². The second kappa shape index (κ2) is 5.28. The molecule has 90 valence electrons. The van der Waals surface area contributed by atoms with E-state index in [0.717, 1.165) is 17.6 Å². The summed E-state index contributed by atoms with van der Waals surface area (Å²) in [6.07, 6.45) is 3.44. The van der Waals surface area contributed by atoms with Gasteiger partial charge in [0.05, 0.1) is 5.52 Å². The number of unbranched alkanes of at least 4 members (excludes halogenated alkanes) is 1. The smallest absolute Gasteiger partial charge is 0.0705 e. The zero-order valence-corrected chi connectivity index (χ0v) is 10.6. The van der Waals surface area contributed by atoms with Gasteiger partial charge in [0.2, 0.25) is 0 Å². The van der Waals surface area contributed by atoms with Crippen molar-refractivity contribution >= 4 is 10.9 Å². The zero-order chi connectivity index (χ0) is 12.3. The Hall–Kier alpha value is -1.41. The van der Waals surface area contributed by atoms with E-state index in [-0.39, 0.29) is 6.04 Å². The minimum atomic E-state index is 0.153. The molecule has 0 spiro atoms. The fraction of sp³-hybridized carbons (Fsp3) is 0.400. The Morgan fingerprint density at radius 1 is 1.24 bits per heavy atom. The molecule has 1 aromatic heterocycles. The molecule has 1 atom stereocenters. The number of hydrogen-bond donors (Lipinski definition) is 1. The van der Waals surface area contributed by atoms with Gasteiger partial charge >= 0.3 is 0 Å². The van der Waals surface area contributed by atoms with Crippen molar-refractivity contribution in [2.75, 3.05) is 0 Å². The lowest BCUT2D eigenvalue weighted by Gasteiger charge is -2.12. The van der Waals surface area contributed by atoms with Crippen LogP contribution in [0.25, 0.3) is 10.9 Å². The number of rotatable bonds is 4. The Balaban J connectivity index is 2.28. The summed E-state index contributed by atoms with van der Waals surface area (Å²) in [5.41, 5.74) is 9.51. The SMILES string of the molecule is CCCCC(N)c1ccc2nc(C)ccc2c1. The molecule has 0 saturated heterocycles. The lowest BCUT2D eigenvalue weighted by molar-refractivity contribution is 0.604. The van der Waals surface area contributed by atoms with E-state index in [1.165, 1.54) is 23.8 Å². The predicted octanol–water partition coefficient (Wildman–Crippen LogP) is 3.73. The minimum Gasteiger partial charge on any atom is -0.324 e. The van der Waals surface area contributed by atoms with E-state index in [0.29, 0.717) is 0 Å². The van der Waals surface area contributed by atoms with E-state index >= 15 is 0 Å². The molecule has 2 N–H and O–H groups in total. The summed E-state index contributed by atoms with van der Waals surface area (Å²) in [6, 6.07) is 10.7. The van der Waals surface area contributed by atoms with Gasteiger partial charge in [-0.3, -0.25) is 4.98 Å². The van der Waals surface area contributed by atoms with E-state index in [1.54, 1.807) is 0 Å². The van der Waals surface area contributed by atoms with Gasteiger partial charge in [-0.2, -0.15) is 0 Å². The van der Waals surface area contributed by atoms with Crippen molar-refractivity contribution in [3.05, 3.63) is 41.6 Å². The quantitative estimate of drug-likeness (QED) is 0.866. The second-order valence-electron chi connectivity index (χ2n) is 4.65. The molecule has 1 unspecified atom stereocenters. The highest BCUT2D eigenvalue weighted by molar-refractivity contribution is 5.79. The number of fused-ring (bicyclic) bond motifs is 1. The van der Waals surface area contributed by atoms with Crippen LogP contribution >= 0.6 is 0 Å². The molecule has 0 fully saturated rings. The van der Waals surface area contributed by atoms with Gasteiger partial charge in [-0.1, -0.05) is 31.9 Å². The van der Waals surface area contributed by atoms with Crippen LogP contribution in [0.5, 0.6) is 0 Å². The largest absolute Gasteiger partial charge is 0.324 e. The van der Waals surface area contributed by atoms with Gasteiger partial charge in [0.15, 0.2) is 0 Å². The first-order chi connectivity index (χ1) is 8.20. The first-order valence-corrected chi connectivity index (χ1v) is 6.33. The van der Waals surface area contributed by atoms with Crippen molar-refractivity contribution in [1.82, 2.24) is 4.98 Å². The van der Waals surface area contributed by atoms with E-state index in [1.807, 2.05) is 13.0 Å². The standard InChI is InChI=1S/C15H20N2/c1-3-4-5-14(16)12-8-9-15-13(10-12)7-6-11(2)17-15/h6-10,14H,3-5,16H2,1-2H3. The number of benzene rings is 1. The summed E-state index contributed by atoms with van der Waals surface area (Å²) in [6.45, 7) is 4.21. The van der Waals surface area contributed by atoms with Crippen LogP contribution in [0.2, 0.25) is 0 Å². The van der Waals surface area contributed by atoms with E-state index in [2.05, 4.69) is 36.2 Å². The Morgan fingerprint density at radius 2 is 2.06 bits per heavy atom. The average molecular weight is 228 g/mol. The number of hydrogen-bond acceptors (Lipinski definition) is 2. The predicted molar refractivity (Wildman–Crippen MR) is 72.9 cm³/mol. The number of aromatic nitrogens is 1. The van der Waals surface area contributed by atoms with Crippen molar-refractivity contribution in [1.29, 1.82) is 0 Å². The third kappa shape index (κ3) is 2.83. The maximum absolute atomic E-state index is 6.18. The zero-order valence-electron chi connectivity index (χ0n) is 10.6. The monoisotopic (exact) mass is 228 g/mol. The molecule has 2 aromatic rings. The fourth-order valence-corrected chi connectivity index (χ4v) is 2.07. The topological polar surface area (TPSA) is 38.9 Å². The van der Waals surface area contributed by atoms with Gasteiger partial charge < -0.3 is 5.73 Å². The number of nitrogens with zero attached hydrogens (tertiary/aromatic N) is 1. The summed E-state index contributed by atoms with van der Waals surface area (Å²) < 4.78 is 0. The van der Waals surface area contributed by atoms with Crippen LogP contribution in [0.4, 0.5) is 0 Å². The van der Waals surface area contributed by atoms with E-state index in [4.69, 9.17) is 5.73 Å². The van der Waals surface area contributed by atoms with Gasteiger partial charge in [-0.25, -0.2) is 0 Å². The van der Waals surface area contributed by atoms with Crippen LogP contribution in [0.1, 0.15) is 43.5 Å². The van der Waals surface area contributed by atoms with Gasteiger partial charge in [-0.05, 0) is 37.1 Å². The maximum atomic E-state index is 6.18. The average Bonchev–Trinajstić information content (AvgIpc) is 2.35. The second-order valence-corrected chi connectivity index (χ2v) is 4.65. The maximum Gasteiger partial charge on any atom is 0.0705 e. The molecular formula is C15H20N2. The third-order valence-electron chi connectivity index (χ3n) is 3.15. The number of pyridine rings is 1. The molecule has 2 rings (SSSR count). The fourth-order valence-electron chi connectivity index (χ4n) is 2.07. The Morgan fingerprint density at radius 3 is 2.82 bits per heavy atom. The highest BCUT2D eigenvalue weighted by Crippen LogP contribution is 2.21. The Kier molecular flexibility index (Phi) is 3.75. The van der Waals surface area contributed by atoms with Gasteiger partial charge in [0.1, 0.15) is 0 Å². The molecule has 0 radical (unpaired) electrons. The molecule has 17 heavy (non-hydrogen) atoms. The summed E-state index contributed by atoms with van der Waals surface area (Å²) in [7, 11) is 0. The van der Waals surface area contributed by atoms with Crippen molar-refractivity contribution in [3.8, 4) is 0 Å². The third-order valence-corrected chi connectivity index (χ3v) is 3.15. The molecule has 2 nitrogen and oxygen atoms in total. The molecule has 0 aliphatic rings.